The fourth-order valence-corrected chi connectivity index (χ4v) is 0. The summed E-state index contributed by atoms with van der Waals surface area (Å²) in [7, 11) is 2.75. The summed E-state index contributed by atoms with van der Waals surface area (Å²) in [6.45, 7) is 0. The second kappa shape index (κ2) is 32.7. The maximum Gasteiger partial charge on any atom is 0 e. The maximum atomic E-state index is 4.66. The Kier molecular flexibility index (Phi) is 85.2. The number of hydrogen-bond acceptors (Lipinski definition) is 3. The molecule has 6 heavy (non-hydrogen) atoms. The van der Waals surface area contributed by atoms with Crippen molar-refractivity contribution in [2.75, 3.05) is 5.88 Å². The molecule has 0 spiro atoms. The first kappa shape index (κ1) is 15.7. The molecule has 4 N–H and O–H groups in total. The van der Waals surface area contributed by atoms with Crippen molar-refractivity contribution in [2.45, 2.75) is 0 Å². The SMILES string of the molecule is NC[S-].[CH2-]N.[Y]. The van der Waals surface area contributed by atoms with Gasteiger partial charge in [0.15, 0.2) is 0 Å². The average molecular weight is 181 g/mol. The zero-order chi connectivity index (χ0) is 4.71. The fraction of sp³-hybridized carbons (Fsp3) is 0.500. The molecule has 1 radical (unpaired) electrons. The molecule has 0 fully saturated rings. The molecule has 0 unspecified atom stereocenters. The Morgan fingerprint density at radius 3 is 1.50 bits per heavy atom. The molecule has 0 aliphatic rings. The smallest absolute Gasteiger partial charge is 0 e. The van der Waals surface area contributed by atoms with E-state index in [-0.39, 0.29) is 32.7 Å². The van der Waals surface area contributed by atoms with Gasteiger partial charge in [0.25, 0.3) is 0 Å². The molecule has 0 aromatic carbocycles. The van der Waals surface area contributed by atoms with Gasteiger partial charge >= 0.3 is 0 Å². The van der Waals surface area contributed by atoms with Crippen molar-refractivity contribution in [2.24, 2.45) is 11.5 Å². The fourth-order valence-electron chi connectivity index (χ4n) is 0. The van der Waals surface area contributed by atoms with Crippen LogP contribution >= 0.6 is 0 Å². The van der Waals surface area contributed by atoms with Gasteiger partial charge in [0.1, 0.15) is 0 Å². The summed E-state index contributed by atoms with van der Waals surface area (Å²) in [6.07, 6.45) is 0. The van der Waals surface area contributed by atoms with Crippen LogP contribution in [0.3, 0.4) is 0 Å². The first-order valence-electron chi connectivity index (χ1n) is 1.11. The van der Waals surface area contributed by atoms with Gasteiger partial charge in [-0.2, -0.15) is 0 Å². The number of rotatable bonds is 0. The Bertz CT molecular complexity index is 11.5. The van der Waals surface area contributed by atoms with Gasteiger partial charge in [-0.25, -0.2) is 0 Å². The van der Waals surface area contributed by atoms with Gasteiger partial charge in [-0.1, -0.05) is 0 Å². The molecule has 0 amide bonds. The van der Waals surface area contributed by atoms with Crippen molar-refractivity contribution < 1.29 is 32.7 Å². The molecule has 0 saturated carbocycles. The Hall–Kier alpha value is 1.37. The third-order valence-corrected chi connectivity index (χ3v) is 0. The molecule has 2 nitrogen and oxygen atoms in total. The second-order valence-electron chi connectivity index (χ2n) is 0.167. The van der Waals surface area contributed by atoms with Crippen molar-refractivity contribution >= 4 is 12.6 Å². The Labute approximate surface area is 69.3 Å². The molecule has 0 aliphatic heterocycles. The minimum absolute atomic E-state index is 0. The molecule has 37 valence electrons. The van der Waals surface area contributed by atoms with E-state index in [0.717, 1.165) is 0 Å². The van der Waals surface area contributed by atoms with E-state index >= 15 is 0 Å². The van der Waals surface area contributed by atoms with E-state index in [4.69, 9.17) is 0 Å². The van der Waals surface area contributed by atoms with Gasteiger partial charge in [0, 0.05) is 32.7 Å². The minimum Gasteiger partial charge on any atom is -0.778 e. The van der Waals surface area contributed by atoms with E-state index in [1.54, 1.807) is 0 Å². The largest absolute Gasteiger partial charge is 0.778 e. The minimum atomic E-state index is 0. The molecular formula is C2H8N2SY-2. The summed E-state index contributed by atoms with van der Waals surface area (Å²) in [6, 6.07) is 0. The van der Waals surface area contributed by atoms with Gasteiger partial charge in [0.2, 0.25) is 0 Å². The van der Waals surface area contributed by atoms with E-state index in [1.165, 1.54) is 0 Å². The third kappa shape index (κ3) is 54.5. The van der Waals surface area contributed by atoms with Crippen LogP contribution in [0.15, 0.2) is 0 Å². The quantitative estimate of drug-likeness (QED) is 0.379. The monoisotopic (exact) mass is 181 g/mol. The maximum absolute atomic E-state index is 4.66. The van der Waals surface area contributed by atoms with Gasteiger partial charge in [-0.05, 0) is 0 Å². The van der Waals surface area contributed by atoms with Crippen LogP contribution in [-0.4, -0.2) is 5.88 Å². The van der Waals surface area contributed by atoms with Crippen LogP contribution in [-0.2, 0) is 45.3 Å². The van der Waals surface area contributed by atoms with Crippen molar-refractivity contribution in [1.29, 1.82) is 0 Å². The predicted octanol–water partition coefficient (Wildman–Crippen LogP) is -0.816. The third-order valence-electron chi connectivity index (χ3n) is 0. The van der Waals surface area contributed by atoms with Crippen molar-refractivity contribution in [3.05, 3.63) is 7.05 Å². The average Bonchev–Trinajstić information content (AvgIpc) is 1.46. The molecule has 0 atom stereocenters. The van der Waals surface area contributed by atoms with Crippen LogP contribution in [0.4, 0.5) is 0 Å². The Balaban J connectivity index is -0.0000000275. The molecule has 0 aliphatic carbocycles. The summed E-state index contributed by atoms with van der Waals surface area (Å²) in [5.41, 5.74) is 8.91. The summed E-state index contributed by atoms with van der Waals surface area (Å²) >= 11 is 4.17. The number of nitrogens with two attached hydrogens (primary N) is 2. The van der Waals surface area contributed by atoms with Crippen molar-refractivity contribution in [3.63, 3.8) is 0 Å². The molecule has 0 bridgehead atoms. The van der Waals surface area contributed by atoms with Crippen LogP contribution in [0.2, 0.25) is 0 Å². The van der Waals surface area contributed by atoms with E-state index in [0.29, 0.717) is 5.88 Å². The van der Waals surface area contributed by atoms with Crippen LogP contribution < -0.4 is 11.5 Å². The molecule has 0 rings (SSSR count). The first-order chi connectivity index (χ1) is 2.41. The summed E-state index contributed by atoms with van der Waals surface area (Å²) in [5, 5.41) is 0. The van der Waals surface area contributed by atoms with Crippen LogP contribution in [0.1, 0.15) is 0 Å². The summed E-state index contributed by atoms with van der Waals surface area (Å²) < 4.78 is 0. The van der Waals surface area contributed by atoms with E-state index in [1.807, 2.05) is 0 Å². The van der Waals surface area contributed by atoms with Gasteiger partial charge in [-0.3, -0.25) is 7.05 Å². The zero-order valence-corrected chi connectivity index (χ0v) is 7.21. The van der Waals surface area contributed by atoms with Crippen molar-refractivity contribution in [3.8, 4) is 0 Å². The van der Waals surface area contributed by atoms with Crippen LogP contribution in [0.5, 0.6) is 0 Å². The van der Waals surface area contributed by atoms with E-state index < -0.39 is 0 Å². The number of hydrogen-bond donors (Lipinski definition) is 2. The standard InChI is InChI=1S/CH5NS.CH4N.Y/c2-1-3;1-2;/h3H,1-2H2;1-2H2;/q;-1;/p-1. The molecule has 0 saturated heterocycles. The molecule has 0 aromatic heterocycles. The second-order valence-corrected chi connectivity index (χ2v) is 0.500. The predicted molar refractivity (Wildman–Crippen MR) is 26.0 cm³/mol. The molecule has 0 heterocycles. The summed E-state index contributed by atoms with van der Waals surface area (Å²) in [5.74, 6) is 0.333. The van der Waals surface area contributed by atoms with Crippen LogP contribution in [0.25, 0.3) is 0 Å². The normalized spacial score (nSPS) is 4.00. The van der Waals surface area contributed by atoms with Gasteiger partial charge in [0.05, 0.1) is 0 Å². The summed E-state index contributed by atoms with van der Waals surface area (Å²) in [4.78, 5) is 0. The Morgan fingerprint density at radius 2 is 1.50 bits per heavy atom. The zero-order valence-electron chi connectivity index (χ0n) is 3.55. The Morgan fingerprint density at radius 1 is 1.50 bits per heavy atom. The van der Waals surface area contributed by atoms with Crippen LogP contribution in [0, 0.1) is 7.05 Å². The van der Waals surface area contributed by atoms with E-state index in [9.17, 15) is 0 Å². The van der Waals surface area contributed by atoms with Gasteiger partial charge in [-0.15, -0.1) is 5.88 Å². The topological polar surface area (TPSA) is 52.0 Å². The molecule has 4 heteroatoms. The van der Waals surface area contributed by atoms with Gasteiger partial charge < -0.3 is 24.1 Å². The van der Waals surface area contributed by atoms with Crippen molar-refractivity contribution in [1.82, 2.24) is 0 Å². The molecule has 0 aromatic rings. The molecular weight excluding hydrogens is 173 g/mol. The first-order valence-corrected chi connectivity index (χ1v) is 1.68. The van der Waals surface area contributed by atoms with E-state index in [2.05, 4.69) is 31.1 Å².